The summed E-state index contributed by atoms with van der Waals surface area (Å²) in [7, 11) is 2.67. The zero-order valence-corrected chi connectivity index (χ0v) is 69.8. The Hall–Kier alpha value is -9.20. The second kappa shape index (κ2) is 50.1. The van der Waals surface area contributed by atoms with Crippen LogP contribution in [-0.2, 0) is 96.3 Å². The molecule has 0 radical (unpaired) electrons. The number of hydrogen-bond donors (Lipinski definition) is 5. The largest absolute Gasteiger partial charge is 0.493 e. The van der Waals surface area contributed by atoms with E-state index in [1.165, 1.54) is 16.7 Å². The number of aryl methyl sites for hydroxylation is 2. The van der Waals surface area contributed by atoms with E-state index in [0.717, 1.165) is 75.9 Å². The van der Waals surface area contributed by atoms with Crippen LogP contribution in [0, 0.1) is 13.8 Å². The number of carbonyl (C=O) groups is 3. The number of nitrogens with one attached hydrogen (secondary N) is 1. The summed E-state index contributed by atoms with van der Waals surface area (Å²) in [5, 5.41) is 40.9. The quantitative estimate of drug-likeness (QED) is 0.0135. The van der Waals surface area contributed by atoms with E-state index in [0.29, 0.717) is 107 Å². The van der Waals surface area contributed by atoms with Gasteiger partial charge in [-0.2, -0.15) is 8.42 Å². The van der Waals surface area contributed by atoms with Crippen LogP contribution in [0.25, 0.3) is 0 Å². The zero-order chi connectivity index (χ0) is 83.0. The maximum atomic E-state index is 12.4. The molecule has 0 saturated carbocycles. The fraction of sp³-hybridized carbons (Fsp3) is 0.440. The molecular weight excluding hydrogens is 1460 g/mol. The van der Waals surface area contributed by atoms with Gasteiger partial charge in [-0.15, -0.1) is 0 Å². The van der Waals surface area contributed by atoms with Crippen LogP contribution in [0.5, 0.6) is 40.2 Å². The van der Waals surface area contributed by atoms with E-state index in [1.54, 1.807) is 58.8 Å². The Morgan fingerprint density at radius 1 is 0.389 bits per heavy atom. The monoisotopic (exact) mass is 1580 g/mol. The molecule has 0 heterocycles. The highest BCUT2D eigenvalue weighted by molar-refractivity contribution is 7.87. The van der Waals surface area contributed by atoms with Crippen LogP contribution in [0.3, 0.4) is 0 Å². The minimum absolute atomic E-state index is 0.0379. The molecule has 4 atom stereocenters. The van der Waals surface area contributed by atoms with Crippen molar-refractivity contribution in [1.82, 2.24) is 0 Å². The molecule has 4 unspecified atom stereocenters. The van der Waals surface area contributed by atoms with Crippen molar-refractivity contribution < 1.29 is 94.8 Å². The van der Waals surface area contributed by atoms with Crippen molar-refractivity contribution in [2.45, 2.75) is 204 Å². The van der Waals surface area contributed by atoms with Crippen LogP contribution < -0.4 is 37.9 Å². The molecule has 0 bridgehead atoms. The fourth-order valence-electron chi connectivity index (χ4n) is 11.9. The Balaban J connectivity index is 0.000000270. The molecule has 8 rings (SSSR count). The van der Waals surface area contributed by atoms with Crippen molar-refractivity contribution in [1.29, 1.82) is 0 Å². The number of benzene rings is 8. The first-order valence-electron chi connectivity index (χ1n) is 38.7. The topological polar surface area (TPSA) is 280 Å². The van der Waals surface area contributed by atoms with Crippen LogP contribution in [0.4, 0.5) is 5.69 Å². The number of aliphatic hydroxyl groups excluding tert-OH is 4. The standard InChI is InChI=1S/C24H33NO4.C23H32O6S.C23H30O5.C21H26O5/c1-5-17(4)18-6-8-22(9-7-18)29-11-10-23(28)25-24-20(14-26)12-19(16(2)3)13-21(24)15-27;1-6-18(3)19-7-9-22(10-8-19)29-30(24,25)12-11-28-23-20(15-26-4)13-17(2)14-21(23)16-27-5;1-6-17(3)18-7-9-21(10-8-18)28-22(24)15-27-23-19(13-25-4)11-16(2)12-20(23)14-26-5;1-3-15(2)16-7-9-19(10-8-16)25-12-11-20(24)26-21-17(13-22)5-4-6-18(21)14-23/h6-9,12-13,16-17,26-27H,5,10-11,14-15H2,1-4H3,(H,25,28);7-10,13-14,18H,6,11-12,15-16H2,1-5H3;7-12,17H,6,13-15H2,1-5H3;4-10,15,22-23H,3,11-14H2,1-2H3. The van der Waals surface area contributed by atoms with Crippen LogP contribution in [0.2, 0.25) is 0 Å². The van der Waals surface area contributed by atoms with Crippen LogP contribution in [0.15, 0.2) is 152 Å². The summed E-state index contributed by atoms with van der Waals surface area (Å²) in [5.41, 5.74) is 14.1. The first-order chi connectivity index (χ1) is 54.2. The van der Waals surface area contributed by atoms with Gasteiger partial charge in [0.2, 0.25) is 5.91 Å². The molecule has 1 amide bonds. The minimum Gasteiger partial charge on any atom is -0.493 e. The highest BCUT2D eigenvalue weighted by Crippen LogP contribution is 2.33. The van der Waals surface area contributed by atoms with Gasteiger partial charge in [0.15, 0.2) is 6.61 Å². The van der Waals surface area contributed by atoms with Gasteiger partial charge in [0.25, 0.3) is 0 Å². The zero-order valence-electron chi connectivity index (χ0n) is 69.0. The smallest absolute Gasteiger partial charge is 0.349 e. The number of carbonyl (C=O) groups excluding carboxylic acids is 3. The van der Waals surface area contributed by atoms with Gasteiger partial charge < -0.3 is 77.3 Å². The van der Waals surface area contributed by atoms with E-state index in [1.807, 2.05) is 137 Å². The molecule has 616 valence electrons. The molecule has 0 saturated heterocycles. The molecule has 22 heteroatoms. The fourth-order valence-corrected chi connectivity index (χ4v) is 12.7. The normalized spacial score (nSPS) is 12.1. The summed E-state index contributed by atoms with van der Waals surface area (Å²) in [4.78, 5) is 36.7. The predicted molar refractivity (Wildman–Crippen MR) is 442 cm³/mol. The first-order valence-corrected chi connectivity index (χ1v) is 40.3. The van der Waals surface area contributed by atoms with Gasteiger partial charge in [-0.1, -0.05) is 183 Å². The van der Waals surface area contributed by atoms with Gasteiger partial charge >= 0.3 is 22.1 Å². The molecule has 0 fully saturated rings. The maximum Gasteiger partial charge on any atom is 0.349 e. The van der Waals surface area contributed by atoms with Crippen LogP contribution in [0.1, 0.15) is 221 Å². The van der Waals surface area contributed by atoms with Gasteiger partial charge in [-0.05, 0) is 145 Å². The number of para-hydroxylation sites is 1. The molecule has 0 aromatic heterocycles. The summed E-state index contributed by atoms with van der Waals surface area (Å²) >= 11 is 0. The number of amides is 1. The number of anilines is 1. The highest BCUT2D eigenvalue weighted by atomic mass is 32.2. The lowest BCUT2D eigenvalue weighted by molar-refractivity contribution is -0.137. The number of esters is 2. The van der Waals surface area contributed by atoms with E-state index in [2.05, 4.69) is 72.8 Å². The molecule has 5 N–H and O–H groups in total. The molecular formula is C91H121NO20S. The summed E-state index contributed by atoms with van der Waals surface area (Å²) < 4.78 is 84.7. The van der Waals surface area contributed by atoms with E-state index >= 15 is 0 Å². The van der Waals surface area contributed by atoms with Crippen LogP contribution >= 0.6 is 0 Å². The predicted octanol–water partition coefficient (Wildman–Crippen LogP) is 17.6. The van der Waals surface area contributed by atoms with Crippen molar-refractivity contribution in [2.75, 3.05) is 65.9 Å². The van der Waals surface area contributed by atoms with Crippen molar-refractivity contribution in [3.05, 3.63) is 235 Å². The highest BCUT2D eigenvalue weighted by Gasteiger charge is 2.21. The number of aliphatic hydroxyl groups is 4. The summed E-state index contributed by atoms with van der Waals surface area (Å²) in [6, 6.07) is 47.3. The Morgan fingerprint density at radius 2 is 0.752 bits per heavy atom. The average molecular weight is 1580 g/mol. The van der Waals surface area contributed by atoms with E-state index in [-0.39, 0.29) is 89.0 Å². The first kappa shape index (κ1) is 94.4. The Kier molecular flexibility index (Phi) is 41.9. The molecule has 0 aliphatic rings. The van der Waals surface area contributed by atoms with Gasteiger partial charge in [-0.25, -0.2) is 4.79 Å². The number of methoxy groups -OCH3 is 4. The Morgan fingerprint density at radius 3 is 1.12 bits per heavy atom. The Bertz CT molecular complexity index is 4180. The molecule has 21 nitrogen and oxygen atoms in total. The lowest BCUT2D eigenvalue weighted by Gasteiger charge is -2.17. The molecule has 8 aromatic rings. The van der Waals surface area contributed by atoms with Crippen molar-refractivity contribution in [3.8, 4) is 40.2 Å². The van der Waals surface area contributed by atoms with Crippen molar-refractivity contribution in [3.63, 3.8) is 0 Å². The maximum absolute atomic E-state index is 12.4. The van der Waals surface area contributed by atoms with Gasteiger partial charge in [0.05, 0.1) is 84.6 Å². The molecule has 0 aliphatic carbocycles. The van der Waals surface area contributed by atoms with Gasteiger partial charge in [-0.3, -0.25) is 9.59 Å². The second-order valence-corrected chi connectivity index (χ2v) is 29.8. The van der Waals surface area contributed by atoms with Crippen LogP contribution in [-0.4, -0.2) is 107 Å². The average Bonchev–Trinajstić information content (AvgIpc) is 0.823. The Labute approximate surface area is 670 Å². The third kappa shape index (κ3) is 31.6. The molecule has 113 heavy (non-hydrogen) atoms. The lowest BCUT2D eigenvalue weighted by Crippen LogP contribution is -2.20. The number of ether oxygens (including phenoxy) is 10. The van der Waals surface area contributed by atoms with Crippen molar-refractivity contribution >= 4 is 33.7 Å². The van der Waals surface area contributed by atoms with E-state index in [9.17, 15) is 43.2 Å². The summed E-state index contributed by atoms with van der Waals surface area (Å²) in [6.45, 7) is 26.1. The third-order valence-electron chi connectivity index (χ3n) is 19.1. The summed E-state index contributed by atoms with van der Waals surface area (Å²) in [6.07, 6.45) is 4.50. The minimum atomic E-state index is -3.79. The third-order valence-corrected chi connectivity index (χ3v) is 20.2. The van der Waals surface area contributed by atoms with E-state index < -0.39 is 22.1 Å². The molecule has 0 aliphatic heterocycles. The SMILES string of the molecule is CCC(C)c1ccc(OC(=O)COc2c(COC)cc(C)cc2COC)cc1.CCC(C)c1ccc(OCCC(=O)Nc2c(CO)cc(C(C)C)cc2CO)cc1.CCC(C)c1ccc(OCCC(=O)Oc2c(CO)cccc2CO)cc1.CCC(C)c1ccc(OS(=O)(=O)CCOc2c(COC)cc(C)cc2COC)cc1. The number of hydrogen-bond acceptors (Lipinski definition) is 20. The van der Waals surface area contributed by atoms with Gasteiger partial charge in [0, 0.05) is 72.9 Å². The molecule has 0 spiro atoms. The summed E-state index contributed by atoms with van der Waals surface area (Å²) in [5.74, 6) is 4.44. The van der Waals surface area contributed by atoms with Gasteiger partial charge in [0.1, 0.15) is 52.6 Å². The lowest BCUT2D eigenvalue weighted by atomic mass is 9.96. The van der Waals surface area contributed by atoms with Crippen molar-refractivity contribution in [2.24, 2.45) is 0 Å². The molecule has 8 aromatic carbocycles. The van der Waals surface area contributed by atoms with E-state index in [4.69, 9.17) is 51.6 Å². The second-order valence-electron chi connectivity index (χ2n) is 28.2. The number of rotatable bonds is 41.